The quantitative estimate of drug-likeness (QED) is 0.439. The molecule has 0 amide bonds. The Balaban J connectivity index is 1.72. The lowest BCUT2D eigenvalue weighted by Gasteiger charge is -2.21. The van der Waals surface area contributed by atoms with Crippen LogP contribution >= 0.6 is 0 Å². The zero-order chi connectivity index (χ0) is 17.4. The van der Waals surface area contributed by atoms with Crippen molar-refractivity contribution in [1.82, 2.24) is 15.4 Å². The van der Waals surface area contributed by atoms with Crippen molar-refractivity contribution in [2.24, 2.45) is 10.9 Å². The zero-order valence-electron chi connectivity index (χ0n) is 15.3. The summed E-state index contributed by atoms with van der Waals surface area (Å²) in [5.41, 5.74) is 2.16. The SMILES string of the molecule is CN=C(NCCc1c(C)noc1C)N1CCC(COCCOC)C1. The van der Waals surface area contributed by atoms with Crippen molar-refractivity contribution in [3.8, 4) is 0 Å². The summed E-state index contributed by atoms with van der Waals surface area (Å²) in [5.74, 6) is 2.42. The number of likely N-dealkylation sites (tertiary alicyclic amines) is 1. The highest BCUT2D eigenvalue weighted by atomic mass is 16.5. The fraction of sp³-hybridized carbons (Fsp3) is 0.765. The molecule has 0 spiro atoms. The predicted octanol–water partition coefficient (Wildman–Crippen LogP) is 1.39. The third-order valence-electron chi connectivity index (χ3n) is 4.42. The summed E-state index contributed by atoms with van der Waals surface area (Å²) < 4.78 is 15.9. The van der Waals surface area contributed by atoms with Gasteiger partial charge in [0.25, 0.3) is 0 Å². The fourth-order valence-electron chi connectivity index (χ4n) is 3.04. The van der Waals surface area contributed by atoms with Gasteiger partial charge in [-0.05, 0) is 26.7 Å². The van der Waals surface area contributed by atoms with Crippen LogP contribution in [0.4, 0.5) is 0 Å². The molecule has 7 nitrogen and oxygen atoms in total. The van der Waals surface area contributed by atoms with E-state index in [-0.39, 0.29) is 0 Å². The number of guanidine groups is 1. The molecule has 0 saturated carbocycles. The van der Waals surface area contributed by atoms with Crippen molar-refractivity contribution in [3.63, 3.8) is 0 Å². The van der Waals surface area contributed by atoms with E-state index in [1.54, 1.807) is 7.11 Å². The number of hydrogen-bond acceptors (Lipinski definition) is 5. The minimum Gasteiger partial charge on any atom is -0.382 e. The van der Waals surface area contributed by atoms with E-state index in [0.717, 1.165) is 56.5 Å². The number of methoxy groups -OCH3 is 1. The van der Waals surface area contributed by atoms with Crippen molar-refractivity contribution in [1.29, 1.82) is 0 Å². The van der Waals surface area contributed by atoms with E-state index in [1.807, 2.05) is 20.9 Å². The molecule has 0 aliphatic carbocycles. The van der Waals surface area contributed by atoms with Crippen LogP contribution in [0.5, 0.6) is 0 Å². The average molecular weight is 338 g/mol. The average Bonchev–Trinajstić information content (AvgIpc) is 3.17. The van der Waals surface area contributed by atoms with Crippen LogP contribution < -0.4 is 5.32 Å². The summed E-state index contributed by atoms with van der Waals surface area (Å²) in [5, 5.41) is 7.44. The molecule has 0 bridgehead atoms. The van der Waals surface area contributed by atoms with Crippen LogP contribution in [-0.4, -0.2) is 69.6 Å². The van der Waals surface area contributed by atoms with Crippen LogP contribution in [0, 0.1) is 19.8 Å². The summed E-state index contributed by atoms with van der Waals surface area (Å²) in [4.78, 5) is 6.71. The smallest absolute Gasteiger partial charge is 0.193 e. The molecule has 0 aromatic carbocycles. The minimum atomic E-state index is 0.558. The van der Waals surface area contributed by atoms with Crippen molar-refractivity contribution in [2.75, 3.05) is 53.6 Å². The molecule has 1 fully saturated rings. The molecule has 1 aliphatic heterocycles. The third kappa shape index (κ3) is 5.21. The van der Waals surface area contributed by atoms with Gasteiger partial charge in [-0.25, -0.2) is 0 Å². The maximum absolute atomic E-state index is 5.65. The number of hydrogen-bond donors (Lipinski definition) is 1. The van der Waals surface area contributed by atoms with Crippen molar-refractivity contribution < 1.29 is 14.0 Å². The molecule has 1 aromatic heterocycles. The molecule has 1 aromatic rings. The van der Waals surface area contributed by atoms with Gasteiger partial charge in [0.05, 0.1) is 25.5 Å². The van der Waals surface area contributed by atoms with Gasteiger partial charge in [-0.15, -0.1) is 0 Å². The Morgan fingerprint density at radius 3 is 2.92 bits per heavy atom. The molecule has 1 saturated heterocycles. The lowest BCUT2D eigenvalue weighted by molar-refractivity contribution is 0.0536. The number of aliphatic imine (C=N–C) groups is 1. The molecular formula is C17H30N4O3. The first-order valence-corrected chi connectivity index (χ1v) is 8.59. The molecule has 136 valence electrons. The second-order valence-electron chi connectivity index (χ2n) is 6.20. The lowest BCUT2D eigenvalue weighted by Crippen LogP contribution is -2.41. The van der Waals surface area contributed by atoms with E-state index in [4.69, 9.17) is 14.0 Å². The molecule has 2 heterocycles. The highest BCUT2D eigenvalue weighted by molar-refractivity contribution is 5.80. The summed E-state index contributed by atoms with van der Waals surface area (Å²) in [6, 6.07) is 0. The summed E-state index contributed by atoms with van der Waals surface area (Å²) >= 11 is 0. The number of aromatic nitrogens is 1. The van der Waals surface area contributed by atoms with E-state index in [1.165, 1.54) is 5.56 Å². The summed E-state index contributed by atoms with van der Waals surface area (Å²) in [7, 11) is 3.53. The van der Waals surface area contributed by atoms with E-state index in [2.05, 4.69) is 20.4 Å². The van der Waals surface area contributed by atoms with Gasteiger partial charge in [-0.3, -0.25) is 4.99 Å². The molecule has 0 radical (unpaired) electrons. The maximum atomic E-state index is 5.65. The Hall–Kier alpha value is -1.60. The second-order valence-corrected chi connectivity index (χ2v) is 6.20. The van der Waals surface area contributed by atoms with Crippen LogP contribution in [0.1, 0.15) is 23.4 Å². The normalized spacial score (nSPS) is 18.4. The van der Waals surface area contributed by atoms with Gasteiger partial charge in [0.2, 0.25) is 0 Å². The van der Waals surface area contributed by atoms with E-state index in [9.17, 15) is 0 Å². The highest BCUT2D eigenvalue weighted by Gasteiger charge is 2.24. The fourth-order valence-corrected chi connectivity index (χ4v) is 3.04. The number of rotatable bonds is 8. The third-order valence-corrected chi connectivity index (χ3v) is 4.42. The van der Waals surface area contributed by atoms with Gasteiger partial charge in [0, 0.05) is 45.3 Å². The standard InChI is InChI=1S/C17H30N4O3/c1-13-16(14(2)24-20-13)5-7-19-17(18-3)21-8-6-15(11-21)12-23-10-9-22-4/h15H,5-12H2,1-4H3,(H,18,19). The van der Waals surface area contributed by atoms with Crippen molar-refractivity contribution in [3.05, 3.63) is 17.0 Å². The maximum Gasteiger partial charge on any atom is 0.193 e. The lowest BCUT2D eigenvalue weighted by atomic mass is 10.1. The zero-order valence-corrected chi connectivity index (χ0v) is 15.3. The van der Waals surface area contributed by atoms with Crippen LogP contribution in [0.2, 0.25) is 0 Å². The molecular weight excluding hydrogens is 308 g/mol. The number of aryl methyl sites for hydroxylation is 2. The number of ether oxygens (including phenoxy) is 2. The van der Waals surface area contributed by atoms with Crippen LogP contribution in [0.15, 0.2) is 9.52 Å². The van der Waals surface area contributed by atoms with E-state index < -0.39 is 0 Å². The van der Waals surface area contributed by atoms with Crippen molar-refractivity contribution in [2.45, 2.75) is 26.7 Å². The van der Waals surface area contributed by atoms with E-state index >= 15 is 0 Å². The Kier molecular flexibility index (Phi) is 7.52. The Morgan fingerprint density at radius 1 is 1.42 bits per heavy atom. The molecule has 7 heteroatoms. The number of nitrogens with one attached hydrogen (secondary N) is 1. The van der Waals surface area contributed by atoms with Crippen LogP contribution in [0.25, 0.3) is 0 Å². The van der Waals surface area contributed by atoms with Gasteiger partial charge >= 0.3 is 0 Å². The molecule has 1 atom stereocenters. The second kappa shape index (κ2) is 9.64. The minimum absolute atomic E-state index is 0.558. The van der Waals surface area contributed by atoms with Gasteiger partial charge in [-0.2, -0.15) is 0 Å². The van der Waals surface area contributed by atoms with Gasteiger partial charge in [0.15, 0.2) is 5.96 Å². The topological polar surface area (TPSA) is 72.1 Å². The van der Waals surface area contributed by atoms with Crippen LogP contribution in [0.3, 0.4) is 0 Å². The number of nitrogens with zero attached hydrogens (tertiary/aromatic N) is 3. The Morgan fingerprint density at radius 2 is 2.25 bits per heavy atom. The summed E-state index contributed by atoms with van der Waals surface area (Å²) in [6.07, 6.45) is 2.02. The summed E-state index contributed by atoms with van der Waals surface area (Å²) in [6.45, 7) is 8.87. The first kappa shape index (κ1) is 18.7. The monoisotopic (exact) mass is 338 g/mol. The molecule has 24 heavy (non-hydrogen) atoms. The predicted molar refractivity (Wildman–Crippen MR) is 93.4 cm³/mol. The largest absolute Gasteiger partial charge is 0.382 e. The van der Waals surface area contributed by atoms with Crippen LogP contribution in [-0.2, 0) is 15.9 Å². The Labute approximate surface area is 144 Å². The molecule has 1 aliphatic rings. The highest BCUT2D eigenvalue weighted by Crippen LogP contribution is 2.17. The van der Waals surface area contributed by atoms with Gasteiger partial charge in [0.1, 0.15) is 5.76 Å². The first-order chi connectivity index (χ1) is 11.7. The molecule has 1 N–H and O–H groups in total. The molecule has 1 unspecified atom stereocenters. The first-order valence-electron chi connectivity index (χ1n) is 8.59. The Bertz CT molecular complexity index is 510. The molecule has 2 rings (SSSR count). The van der Waals surface area contributed by atoms with E-state index in [0.29, 0.717) is 19.1 Å². The van der Waals surface area contributed by atoms with Crippen molar-refractivity contribution >= 4 is 5.96 Å². The van der Waals surface area contributed by atoms with Gasteiger partial charge < -0.3 is 24.2 Å². The van der Waals surface area contributed by atoms with Gasteiger partial charge in [-0.1, -0.05) is 5.16 Å².